The Balaban J connectivity index is 1.83. The number of rotatable bonds is 3. The second kappa shape index (κ2) is 5.12. The molecule has 1 aromatic heterocycles. The lowest BCUT2D eigenvalue weighted by Gasteiger charge is -2.27. The van der Waals surface area contributed by atoms with Crippen molar-refractivity contribution in [2.24, 2.45) is 5.92 Å². The van der Waals surface area contributed by atoms with Gasteiger partial charge in [-0.15, -0.1) is 0 Å². The molecule has 0 aromatic carbocycles. The summed E-state index contributed by atoms with van der Waals surface area (Å²) in [5.74, 6) is 0.810. The first kappa shape index (κ1) is 11.1. The van der Waals surface area contributed by atoms with E-state index in [9.17, 15) is 4.79 Å². The minimum absolute atomic E-state index is 0.0188. The van der Waals surface area contributed by atoms with Crippen molar-refractivity contribution in [2.75, 3.05) is 6.61 Å². The van der Waals surface area contributed by atoms with Crippen molar-refractivity contribution >= 4 is 5.91 Å². The van der Waals surface area contributed by atoms with Crippen LogP contribution < -0.4 is 5.32 Å². The summed E-state index contributed by atoms with van der Waals surface area (Å²) in [5, 5.41) is 2.87. The van der Waals surface area contributed by atoms with Crippen LogP contribution in [0.15, 0.2) is 12.4 Å². The van der Waals surface area contributed by atoms with Gasteiger partial charge in [0.25, 0.3) is 0 Å². The number of nitrogens with one attached hydrogen (secondary N) is 2. The highest BCUT2D eigenvalue weighted by Crippen LogP contribution is 2.20. The number of nitrogens with zero attached hydrogens (tertiary/aromatic N) is 1. The number of carbonyl (C=O) groups excluding carboxylic acids is 1. The molecule has 1 fully saturated rings. The lowest BCUT2D eigenvalue weighted by atomic mass is 9.94. The van der Waals surface area contributed by atoms with Gasteiger partial charge in [-0.2, -0.15) is 0 Å². The Labute approximate surface area is 94.6 Å². The molecule has 1 aliphatic rings. The molecule has 0 saturated carbocycles. The van der Waals surface area contributed by atoms with Crippen LogP contribution in [0, 0.1) is 5.92 Å². The van der Waals surface area contributed by atoms with Gasteiger partial charge in [0.2, 0.25) is 5.91 Å². The molecule has 1 amide bonds. The minimum Gasteiger partial charge on any atom is -0.378 e. The fraction of sp³-hybridized carbons (Fsp3) is 0.636. The number of carbonyl (C=O) groups is 1. The van der Waals surface area contributed by atoms with Crippen molar-refractivity contribution in [2.45, 2.75) is 32.4 Å². The molecule has 2 rings (SSSR count). The SMILES string of the molecule is C[C@H]1OCCC[C@H]1C(=O)NCc1ncc[nH]1. The van der Waals surface area contributed by atoms with Crippen molar-refractivity contribution in [3.05, 3.63) is 18.2 Å². The lowest BCUT2D eigenvalue weighted by Crippen LogP contribution is -2.40. The molecule has 1 aliphatic heterocycles. The Bertz CT molecular complexity index is 337. The second-order valence-corrected chi connectivity index (χ2v) is 4.08. The zero-order chi connectivity index (χ0) is 11.4. The van der Waals surface area contributed by atoms with Crippen LogP contribution in [0.25, 0.3) is 0 Å². The van der Waals surface area contributed by atoms with Gasteiger partial charge in [-0.1, -0.05) is 0 Å². The number of hydrogen-bond donors (Lipinski definition) is 2. The Morgan fingerprint density at radius 2 is 2.62 bits per heavy atom. The summed E-state index contributed by atoms with van der Waals surface area (Å²) >= 11 is 0. The second-order valence-electron chi connectivity index (χ2n) is 4.08. The molecule has 0 radical (unpaired) electrons. The molecular weight excluding hydrogens is 206 g/mol. The van der Waals surface area contributed by atoms with Crippen molar-refractivity contribution < 1.29 is 9.53 Å². The largest absolute Gasteiger partial charge is 0.378 e. The summed E-state index contributed by atoms with van der Waals surface area (Å²) in [6, 6.07) is 0. The van der Waals surface area contributed by atoms with Crippen molar-refractivity contribution in [1.82, 2.24) is 15.3 Å². The molecule has 5 nitrogen and oxygen atoms in total. The van der Waals surface area contributed by atoms with Crippen LogP contribution in [0.4, 0.5) is 0 Å². The molecule has 2 atom stereocenters. The molecule has 0 spiro atoms. The standard InChI is InChI=1S/C11H17N3O2/c1-8-9(3-2-6-16-8)11(15)14-7-10-12-4-5-13-10/h4-5,8-9H,2-3,6-7H2,1H3,(H,12,13)(H,14,15)/t8-,9-/m1/s1. The number of aromatic nitrogens is 2. The van der Waals surface area contributed by atoms with Crippen LogP contribution in [-0.4, -0.2) is 28.6 Å². The van der Waals surface area contributed by atoms with E-state index in [0.717, 1.165) is 25.3 Å². The lowest BCUT2D eigenvalue weighted by molar-refractivity contribution is -0.133. The highest BCUT2D eigenvalue weighted by Gasteiger charge is 2.28. The van der Waals surface area contributed by atoms with Gasteiger partial charge in [0.1, 0.15) is 5.82 Å². The zero-order valence-corrected chi connectivity index (χ0v) is 9.40. The molecule has 0 aliphatic carbocycles. The molecule has 88 valence electrons. The maximum absolute atomic E-state index is 11.9. The van der Waals surface area contributed by atoms with Gasteiger partial charge >= 0.3 is 0 Å². The van der Waals surface area contributed by atoms with Crippen LogP contribution in [0.1, 0.15) is 25.6 Å². The molecule has 2 N–H and O–H groups in total. The van der Waals surface area contributed by atoms with E-state index in [1.54, 1.807) is 12.4 Å². The molecular formula is C11H17N3O2. The topological polar surface area (TPSA) is 67.0 Å². The smallest absolute Gasteiger partial charge is 0.226 e. The molecule has 1 saturated heterocycles. The van der Waals surface area contributed by atoms with Gasteiger partial charge in [-0.05, 0) is 19.8 Å². The Morgan fingerprint density at radius 3 is 3.31 bits per heavy atom. The van der Waals surface area contributed by atoms with E-state index in [0.29, 0.717) is 6.54 Å². The maximum atomic E-state index is 11.9. The average Bonchev–Trinajstić information content (AvgIpc) is 2.79. The number of hydrogen-bond acceptors (Lipinski definition) is 3. The van der Waals surface area contributed by atoms with E-state index in [4.69, 9.17) is 4.74 Å². The first-order valence-electron chi connectivity index (χ1n) is 5.65. The first-order valence-corrected chi connectivity index (χ1v) is 5.65. The number of aromatic amines is 1. The molecule has 16 heavy (non-hydrogen) atoms. The fourth-order valence-corrected chi connectivity index (χ4v) is 1.96. The monoisotopic (exact) mass is 223 g/mol. The van der Waals surface area contributed by atoms with Crippen LogP contribution in [0.3, 0.4) is 0 Å². The molecule has 1 aromatic rings. The van der Waals surface area contributed by atoms with Gasteiger partial charge in [-0.25, -0.2) is 4.98 Å². The first-order chi connectivity index (χ1) is 7.77. The van der Waals surface area contributed by atoms with Crippen LogP contribution in [-0.2, 0) is 16.1 Å². The summed E-state index contributed by atoms with van der Waals surface area (Å²) in [4.78, 5) is 18.9. The van der Waals surface area contributed by atoms with Gasteiger partial charge in [0.15, 0.2) is 0 Å². The van der Waals surface area contributed by atoms with E-state index < -0.39 is 0 Å². The van der Waals surface area contributed by atoms with Crippen molar-refractivity contribution in [1.29, 1.82) is 0 Å². The predicted molar refractivity (Wildman–Crippen MR) is 58.6 cm³/mol. The van der Waals surface area contributed by atoms with E-state index in [1.807, 2.05) is 6.92 Å². The van der Waals surface area contributed by atoms with Crippen LogP contribution in [0.5, 0.6) is 0 Å². The Morgan fingerprint density at radius 1 is 1.75 bits per heavy atom. The zero-order valence-electron chi connectivity index (χ0n) is 9.40. The minimum atomic E-state index is -0.0243. The number of amides is 1. The van der Waals surface area contributed by atoms with E-state index in [-0.39, 0.29) is 17.9 Å². The van der Waals surface area contributed by atoms with Crippen molar-refractivity contribution in [3.8, 4) is 0 Å². The summed E-state index contributed by atoms with van der Waals surface area (Å²) in [5.41, 5.74) is 0. The summed E-state index contributed by atoms with van der Waals surface area (Å²) < 4.78 is 5.46. The van der Waals surface area contributed by atoms with Crippen LogP contribution >= 0.6 is 0 Å². The molecule has 5 heteroatoms. The predicted octanol–water partition coefficient (Wildman–Crippen LogP) is 0.841. The highest BCUT2D eigenvalue weighted by atomic mass is 16.5. The number of imidazole rings is 1. The van der Waals surface area contributed by atoms with E-state index in [2.05, 4.69) is 15.3 Å². The third-order valence-electron chi connectivity index (χ3n) is 2.93. The summed E-state index contributed by atoms with van der Waals surface area (Å²) in [6.45, 7) is 3.18. The van der Waals surface area contributed by atoms with Gasteiger partial charge < -0.3 is 15.0 Å². The van der Waals surface area contributed by atoms with Gasteiger partial charge in [-0.3, -0.25) is 4.79 Å². The molecule has 2 heterocycles. The van der Waals surface area contributed by atoms with E-state index >= 15 is 0 Å². The van der Waals surface area contributed by atoms with Crippen molar-refractivity contribution in [3.63, 3.8) is 0 Å². The number of ether oxygens (including phenoxy) is 1. The third kappa shape index (κ3) is 2.61. The third-order valence-corrected chi connectivity index (χ3v) is 2.93. The Hall–Kier alpha value is -1.36. The molecule has 0 bridgehead atoms. The highest BCUT2D eigenvalue weighted by molar-refractivity contribution is 5.79. The number of H-pyrrole nitrogens is 1. The quantitative estimate of drug-likeness (QED) is 0.798. The fourth-order valence-electron chi connectivity index (χ4n) is 1.96. The molecule has 0 unspecified atom stereocenters. The summed E-state index contributed by atoms with van der Waals surface area (Å²) in [6.07, 6.45) is 5.31. The van der Waals surface area contributed by atoms with E-state index in [1.165, 1.54) is 0 Å². The van der Waals surface area contributed by atoms with Gasteiger partial charge in [0, 0.05) is 19.0 Å². The Kier molecular flexibility index (Phi) is 3.56. The summed E-state index contributed by atoms with van der Waals surface area (Å²) in [7, 11) is 0. The maximum Gasteiger partial charge on any atom is 0.226 e. The average molecular weight is 223 g/mol. The normalized spacial score (nSPS) is 25.3. The van der Waals surface area contributed by atoms with Gasteiger partial charge in [0.05, 0.1) is 18.6 Å². The van der Waals surface area contributed by atoms with Crippen LogP contribution in [0.2, 0.25) is 0 Å².